The third kappa shape index (κ3) is 3.74. The molecule has 0 fully saturated rings. The zero-order valence-electron chi connectivity index (χ0n) is 14.1. The number of imidazole rings is 1. The molecular weight excluding hydrogens is 302 g/mol. The second-order valence-electron chi connectivity index (χ2n) is 6.71. The standard InChI is InChI=1S/C19H21N3O2/c1-19(2,3)13-8-10-14(11-9-13)24-12-17(23)22-18-20-15-6-4-5-7-16(15)21-18/h4-11H,12H2,1-3H3,(H2,20,21,22,23). The maximum absolute atomic E-state index is 12.0. The molecule has 0 saturated carbocycles. The number of nitrogens with one attached hydrogen (secondary N) is 2. The number of para-hydroxylation sites is 2. The third-order valence-electron chi connectivity index (χ3n) is 3.74. The van der Waals surface area contributed by atoms with Gasteiger partial charge in [-0.2, -0.15) is 0 Å². The van der Waals surface area contributed by atoms with Crippen LogP contribution in [0.25, 0.3) is 11.0 Å². The van der Waals surface area contributed by atoms with Gasteiger partial charge in [-0.15, -0.1) is 0 Å². The summed E-state index contributed by atoms with van der Waals surface area (Å²) < 4.78 is 5.53. The number of H-pyrrole nitrogens is 1. The summed E-state index contributed by atoms with van der Waals surface area (Å²) in [5.74, 6) is 0.838. The van der Waals surface area contributed by atoms with Crippen LogP contribution < -0.4 is 10.1 Å². The lowest BCUT2D eigenvalue weighted by Crippen LogP contribution is -2.20. The zero-order chi connectivity index (χ0) is 17.2. The number of fused-ring (bicyclic) bond motifs is 1. The molecule has 2 N–H and O–H groups in total. The van der Waals surface area contributed by atoms with Crippen LogP contribution >= 0.6 is 0 Å². The average molecular weight is 323 g/mol. The molecule has 0 spiro atoms. The quantitative estimate of drug-likeness (QED) is 0.766. The first-order valence-corrected chi connectivity index (χ1v) is 7.90. The van der Waals surface area contributed by atoms with E-state index in [2.05, 4.69) is 36.1 Å². The largest absolute Gasteiger partial charge is 0.484 e. The summed E-state index contributed by atoms with van der Waals surface area (Å²) >= 11 is 0. The third-order valence-corrected chi connectivity index (χ3v) is 3.74. The van der Waals surface area contributed by atoms with Gasteiger partial charge in [0.25, 0.3) is 5.91 Å². The normalized spacial score (nSPS) is 11.5. The maximum atomic E-state index is 12.0. The minimum absolute atomic E-state index is 0.0636. The summed E-state index contributed by atoms with van der Waals surface area (Å²) in [5.41, 5.74) is 3.01. The summed E-state index contributed by atoms with van der Waals surface area (Å²) in [7, 11) is 0. The van der Waals surface area contributed by atoms with Crippen molar-refractivity contribution in [2.45, 2.75) is 26.2 Å². The van der Waals surface area contributed by atoms with E-state index in [1.54, 1.807) is 0 Å². The topological polar surface area (TPSA) is 67.0 Å². The number of hydrogen-bond donors (Lipinski definition) is 2. The lowest BCUT2D eigenvalue weighted by atomic mass is 9.87. The summed E-state index contributed by atoms with van der Waals surface area (Å²) in [4.78, 5) is 19.3. The second kappa shape index (κ2) is 6.35. The Hall–Kier alpha value is -2.82. The van der Waals surface area contributed by atoms with E-state index in [4.69, 9.17) is 4.74 Å². The summed E-state index contributed by atoms with van der Waals surface area (Å²) in [5, 5.41) is 2.71. The molecular formula is C19H21N3O2. The fourth-order valence-corrected chi connectivity index (χ4v) is 2.38. The van der Waals surface area contributed by atoms with E-state index in [0.717, 1.165) is 11.0 Å². The van der Waals surface area contributed by atoms with Gasteiger partial charge in [0, 0.05) is 0 Å². The van der Waals surface area contributed by atoms with E-state index in [1.165, 1.54) is 5.56 Å². The van der Waals surface area contributed by atoms with Crippen molar-refractivity contribution in [3.05, 3.63) is 54.1 Å². The van der Waals surface area contributed by atoms with Gasteiger partial charge in [0.05, 0.1) is 11.0 Å². The monoisotopic (exact) mass is 323 g/mol. The van der Waals surface area contributed by atoms with Crippen LogP contribution in [0.5, 0.6) is 5.75 Å². The second-order valence-corrected chi connectivity index (χ2v) is 6.71. The molecule has 1 aromatic heterocycles. The molecule has 0 aliphatic heterocycles. The minimum atomic E-state index is -0.256. The zero-order valence-corrected chi connectivity index (χ0v) is 14.1. The van der Waals surface area contributed by atoms with Crippen molar-refractivity contribution < 1.29 is 9.53 Å². The number of benzene rings is 2. The summed E-state index contributed by atoms with van der Waals surface area (Å²) in [6, 6.07) is 15.4. The number of carbonyl (C=O) groups is 1. The Morgan fingerprint density at radius 3 is 2.50 bits per heavy atom. The number of ether oxygens (including phenoxy) is 1. The Labute approximate surface area is 141 Å². The maximum Gasteiger partial charge on any atom is 0.264 e. The van der Waals surface area contributed by atoms with Crippen LogP contribution in [0, 0.1) is 0 Å². The smallest absolute Gasteiger partial charge is 0.264 e. The molecule has 1 heterocycles. The van der Waals surface area contributed by atoms with E-state index >= 15 is 0 Å². The van der Waals surface area contributed by atoms with Crippen LogP contribution in [-0.4, -0.2) is 22.5 Å². The molecule has 2 aromatic carbocycles. The molecule has 0 aliphatic rings. The van der Waals surface area contributed by atoms with Crippen LogP contribution in [0.2, 0.25) is 0 Å². The van der Waals surface area contributed by atoms with Gasteiger partial charge in [-0.05, 0) is 35.2 Å². The van der Waals surface area contributed by atoms with E-state index < -0.39 is 0 Å². The van der Waals surface area contributed by atoms with Crippen molar-refractivity contribution in [3.63, 3.8) is 0 Å². The number of anilines is 1. The molecule has 5 nitrogen and oxygen atoms in total. The van der Waals surface area contributed by atoms with E-state index in [1.807, 2.05) is 48.5 Å². The first-order chi connectivity index (χ1) is 11.4. The Morgan fingerprint density at radius 1 is 1.12 bits per heavy atom. The molecule has 3 aromatic rings. The van der Waals surface area contributed by atoms with Gasteiger partial charge in [-0.1, -0.05) is 45.0 Å². The lowest BCUT2D eigenvalue weighted by molar-refractivity contribution is -0.118. The predicted molar refractivity (Wildman–Crippen MR) is 95.4 cm³/mol. The fraction of sp³-hybridized carbons (Fsp3) is 0.263. The molecule has 24 heavy (non-hydrogen) atoms. The van der Waals surface area contributed by atoms with Crippen LogP contribution in [-0.2, 0) is 10.2 Å². The Bertz CT molecular complexity index is 812. The average Bonchev–Trinajstić information content (AvgIpc) is 2.94. The van der Waals surface area contributed by atoms with Gasteiger partial charge in [-0.25, -0.2) is 4.98 Å². The molecule has 0 aliphatic carbocycles. The van der Waals surface area contributed by atoms with Gasteiger partial charge in [0.2, 0.25) is 5.95 Å². The van der Waals surface area contributed by atoms with Crippen molar-refractivity contribution in [3.8, 4) is 5.75 Å². The SMILES string of the molecule is CC(C)(C)c1ccc(OCC(=O)Nc2nc3ccccc3[nH]2)cc1. The predicted octanol–water partition coefficient (Wildman–Crippen LogP) is 3.88. The Balaban J connectivity index is 1.57. The van der Waals surface area contributed by atoms with E-state index in [-0.39, 0.29) is 17.9 Å². The molecule has 0 saturated heterocycles. The van der Waals surface area contributed by atoms with Crippen molar-refractivity contribution >= 4 is 22.9 Å². The highest BCUT2D eigenvalue weighted by Crippen LogP contribution is 2.24. The molecule has 0 unspecified atom stereocenters. The number of carbonyl (C=O) groups excluding carboxylic acids is 1. The van der Waals surface area contributed by atoms with Crippen molar-refractivity contribution in [1.29, 1.82) is 0 Å². The van der Waals surface area contributed by atoms with Crippen molar-refractivity contribution in [2.24, 2.45) is 0 Å². The molecule has 5 heteroatoms. The fourth-order valence-electron chi connectivity index (χ4n) is 2.38. The van der Waals surface area contributed by atoms with Gasteiger partial charge in [-0.3, -0.25) is 10.1 Å². The van der Waals surface area contributed by atoms with Gasteiger partial charge in [0.1, 0.15) is 5.75 Å². The molecule has 0 radical (unpaired) electrons. The number of nitrogens with zero attached hydrogens (tertiary/aromatic N) is 1. The van der Waals surface area contributed by atoms with Gasteiger partial charge >= 0.3 is 0 Å². The van der Waals surface area contributed by atoms with Crippen LogP contribution in [0.4, 0.5) is 5.95 Å². The number of aromatic nitrogens is 2. The number of rotatable bonds is 4. The number of hydrogen-bond acceptors (Lipinski definition) is 3. The molecule has 3 rings (SSSR count). The number of amides is 1. The van der Waals surface area contributed by atoms with Gasteiger partial charge < -0.3 is 9.72 Å². The van der Waals surface area contributed by atoms with Crippen LogP contribution in [0.15, 0.2) is 48.5 Å². The van der Waals surface area contributed by atoms with Crippen molar-refractivity contribution in [1.82, 2.24) is 9.97 Å². The number of aromatic amines is 1. The summed E-state index contributed by atoms with van der Waals surface area (Å²) in [6.07, 6.45) is 0. The lowest BCUT2D eigenvalue weighted by Gasteiger charge is -2.19. The van der Waals surface area contributed by atoms with Crippen LogP contribution in [0.1, 0.15) is 26.3 Å². The minimum Gasteiger partial charge on any atom is -0.484 e. The highest BCUT2D eigenvalue weighted by Gasteiger charge is 2.13. The molecule has 0 atom stereocenters. The first-order valence-electron chi connectivity index (χ1n) is 7.90. The molecule has 124 valence electrons. The molecule has 1 amide bonds. The van der Waals surface area contributed by atoms with Crippen molar-refractivity contribution in [2.75, 3.05) is 11.9 Å². The highest BCUT2D eigenvalue weighted by molar-refractivity contribution is 5.92. The Kier molecular flexibility index (Phi) is 4.25. The van der Waals surface area contributed by atoms with E-state index in [0.29, 0.717) is 11.7 Å². The summed E-state index contributed by atoms with van der Waals surface area (Å²) in [6.45, 7) is 6.41. The Morgan fingerprint density at radius 2 is 1.83 bits per heavy atom. The van der Waals surface area contributed by atoms with Crippen LogP contribution in [0.3, 0.4) is 0 Å². The molecule has 0 bridgehead atoms. The highest BCUT2D eigenvalue weighted by atomic mass is 16.5. The van der Waals surface area contributed by atoms with Gasteiger partial charge in [0.15, 0.2) is 6.61 Å². The first kappa shape index (κ1) is 16.1. The van der Waals surface area contributed by atoms with E-state index in [9.17, 15) is 4.79 Å².